The van der Waals surface area contributed by atoms with Gasteiger partial charge in [-0.3, -0.25) is 0 Å². The first-order chi connectivity index (χ1) is 9.22. The van der Waals surface area contributed by atoms with Gasteiger partial charge in [-0.15, -0.1) is 0 Å². The van der Waals surface area contributed by atoms with Crippen LogP contribution in [0.1, 0.15) is 57.1 Å². The van der Waals surface area contributed by atoms with Gasteiger partial charge >= 0.3 is 0 Å². The van der Waals surface area contributed by atoms with E-state index in [9.17, 15) is 4.39 Å². The van der Waals surface area contributed by atoms with Crippen molar-refractivity contribution in [2.45, 2.75) is 51.5 Å². The van der Waals surface area contributed by atoms with E-state index in [2.05, 4.69) is 12.2 Å². The lowest BCUT2D eigenvalue weighted by Crippen LogP contribution is -2.31. The lowest BCUT2D eigenvalue weighted by atomic mass is 9.81. The SMILES string of the molecule is CCCNC(c1ccc(Cl)cc1F)C1CCCCC1. The van der Waals surface area contributed by atoms with Gasteiger partial charge in [0.05, 0.1) is 0 Å². The minimum atomic E-state index is -0.174. The summed E-state index contributed by atoms with van der Waals surface area (Å²) in [6.07, 6.45) is 7.32. The molecule has 1 aromatic rings. The molecule has 0 aliphatic heterocycles. The fourth-order valence-corrected chi connectivity index (χ4v) is 3.21. The lowest BCUT2D eigenvalue weighted by molar-refractivity contribution is 0.267. The van der Waals surface area contributed by atoms with Crippen molar-refractivity contribution in [1.82, 2.24) is 5.32 Å². The summed E-state index contributed by atoms with van der Waals surface area (Å²) in [7, 11) is 0. The molecular weight excluding hydrogens is 261 g/mol. The monoisotopic (exact) mass is 283 g/mol. The van der Waals surface area contributed by atoms with Crippen LogP contribution in [0, 0.1) is 11.7 Å². The van der Waals surface area contributed by atoms with E-state index in [1.165, 1.54) is 38.2 Å². The Morgan fingerprint density at radius 3 is 2.68 bits per heavy atom. The van der Waals surface area contributed by atoms with Gasteiger partial charge in [-0.05, 0) is 43.9 Å². The Balaban J connectivity index is 2.19. The molecule has 0 amide bonds. The van der Waals surface area contributed by atoms with E-state index in [4.69, 9.17) is 11.6 Å². The van der Waals surface area contributed by atoms with Gasteiger partial charge in [0.15, 0.2) is 0 Å². The van der Waals surface area contributed by atoms with Crippen LogP contribution in [-0.4, -0.2) is 6.54 Å². The smallest absolute Gasteiger partial charge is 0.129 e. The molecule has 1 fully saturated rings. The third-order valence-electron chi connectivity index (χ3n) is 4.03. The van der Waals surface area contributed by atoms with Gasteiger partial charge in [-0.25, -0.2) is 4.39 Å². The van der Waals surface area contributed by atoms with Gasteiger partial charge in [-0.1, -0.05) is 43.9 Å². The predicted molar refractivity (Wildman–Crippen MR) is 79.0 cm³/mol. The van der Waals surface area contributed by atoms with E-state index in [1.54, 1.807) is 6.07 Å². The van der Waals surface area contributed by atoms with Crippen LogP contribution in [0.3, 0.4) is 0 Å². The summed E-state index contributed by atoms with van der Waals surface area (Å²) in [5.74, 6) is 0.377. The van der Waals surface area contributed by atoms with E-state index < -0.39 is 0 Å². The highest BCUT2D eigenvalue weighted by molar-refractivity contribution is 6.30. The molecule has 0 aromatic heterocycles. The average Bonchev–Trinajstić information content (AvgIpc) is 2.42. The maximum atomic E-state index is 14.2. The Hall–Kier alpha value is -0.600. The molecule has 1 saturated carbocycles. The summed E-state index contributed by atoms with van der Waals surface area (Å²) in [5, 5.41) is 4.00. The van der Waals surface area contributed by atoms with Gasteiger partial charge in [0.25, 0.3) is 0 Å². The van der Waals surface area contributed by atoms with Crippen molar-refractivity contribution in [3.8, 4) is 0 Å². The van der Waals surface area contributed by atoms with Gasteiger partial charge in [0.2, 0.25) is 0 Å². The van der Waals surface area contributed by atoms with E-state index in [0.29, 0.717) is 10.9 Å². The van der Waals surface area contributed by atoms with Crippen molar-refractivity contribution >= 4 is 11.6 Å². The summed E-state index contributed by atoms with van der Waals surface area (Å²) in [5.41, 5.74) is 0.782. The number of nitrogens with one attached hydrogen (secondary N) is 1. The fourth-order valence-electron chi connectivity index (χ4n) is 3.05. The highest BCUT2D eigenvalue weighted by atomic mass is 35.5. The van der Waals surface area contributed by atoms with Crippen LogP contribution < -0.4 is 5.32 Å². The number of hydrogen-bond donors (Lipinski definition) is 1. The van der Waals surface area contributed by atoms with Crippen LogP contribution >= 0.6 is 11.6 Å². The van der Waals surface area contributed by atoms with Crippen molar-refractivity contribution in [2.75, 3.05) is 6.54 Å². The van der Waals surface area contributed by atoms with Crippen LogP contribution in [-0.2, 0) is 0 Å². The molecule has 0 bridgehead atoms. The van der Waals surface area contributed by atoms with Crippen LogP contribution in [0.4, 0.5) is 4.39 Å². The average molecular weight is 284 g/mol. The zero-order valence-corrected chi connectivity index (χ0v) is 12.3. The fraction of sp³-hybridized carbons (Fsp3) is 0.625. The normalized spacial score (nSPS) is 18.5. The minimum Gasteiger partial charge on any atom is -0.310 e. The summed E-state index contributed by atoms with van der Waals surface area (Å²) >= 11 is 5.85. The molecule has 1 aromatic carbocycles. The molecule has 0 spiro atoms. The molecule has 0 heterocycles. The molecule has 3 heteroatoms. The molecule has 1 unspecified atom stereocenters. The molecule has 19 heavy (non-hydrogen) atoms. The van der Waals surface area contributed by atoms with E-state index in [1.807, 2.05) is 6.07 Å². The first kappa shape index (κ1) is 14.8. The minimum absolute atomic E-state index is 0.137. The van der Waals surface area contributed by atoms with Crippen LogP contribution in [0.5, 0.6) is 0 Å². The Kier molecular flexibility index (Phi) is 5.65. The van der Waals surface area contributed by atoms with Gasteiger partial charge in [-0.2, -0.15) is 0 Å². The molecule has 106 valence electrons. The molecule has 1 atom stereocenters. The zero-order chi connectivity index (χ0) is 13.7. The van der Waals surface area contributed by atoms with Crippen molar-refractivity contribution < 1.29 is 4.39 Å². The number of hydrogen-bond acceptors (Lipinski definition) is 1. The van der Waals surface area contributed by atoms with Crippen molar-refractivity contribution in [2.24, 2.45) is 5.92 Å². The summed E-state index contributed by atoms with van der Waals surface area (Å²) in [6, 6.07) is 5.21. The van der Waals surface area contributed by atoms with Crippen molar-refractivity contribution in [3.63, 3.8) is 0 Å². The third kappa shape index (κ3) is 3.93. The van der Waals surface area contributed by atoms with Gasteiger partial charge in [0.1, 0.15) is 5.82 Å². The Labute approximate surface area is 120 Å². The van der Waals surface area contributed by atoms with Gasteiger partial charge < -0.3 is 5.32 Å². The summed E-state index contributed by atoms with van der Waals surface area (Å²) in [6.45, 7) is 3.08. The Bertz CT molecular complexity index is 402. The Morgan fingerprint density at radius 1 is 1.32 bits per heavy atom. The first-order valence-corrected chi connectivity index (χ1v) is 7.78. The molecule has 1 N–H and O–H groups in total. The number of halogens is 2. The van der Waals surface area contributed by atoms with Gasteiger partial charge in [0, 0.05) is 16.6 Å². The second-order valence-corrected chi connectivity index (χ2v) is 5.93. The topological polar surface area (TPSA) is 12.0 Å². The van der Waals surface area contributed by atoms with E-state index in [-0.39, 0.29) is 11.9 Å². The maximum Gasteiger partial charge on any atom is 0.129 e. The third-order valence-corrected chi connectivity index (χ3v) is 4.27. The van der Waals surface area contributed by atoms with Crippen molar-refractivity contribution in [3.05, 3.63) is 34.6 Å². The standard InChI is InChI=1S/C16H23ClFN/c1-2-10-19-16(12-6-4-3-5-7-12)14-9-8-13(17)11-15(14)18/h8-9,11-12,16,19H,2-7,10H2,1H3. The maximum absolute atomic E-state index is 14.2. The molecule has 1 aliphatic carbocycles. The molecule has 0 saturated heterocycles. The summed E-state index contributed by atoms with van der Waals surface area (Å²) < 4.78 is 14.2. The molecule has 2 rings (SSSR count). The predicted octanol–water partition coefficient (Wildman–Crippen LogP) is 5.10. The second kappa shape index (κ2) is 7.25. The second-order valence-electron chi connectivity index (χ2n) is 5.50. The highest BCUT2D eigenvalue weighted by Gasteiger charge is 2.26. The summed E-state index contributed by atoms with van der Waals surface area (Å²) in [4.78, 5) is 0. The van der Waals surface area contributed by atoms with Crippen LogP contribution in [0.2, 0.25) is 5.02 Å². The molecule has 1 nitrogen and oxygen atoms in total. The first-order valence-electron chi connectivity index (χ1n) is 7.40. The lowest BCUT2D eigenvalue weighted by Gasteiger charge is -2.31. The zero-order valence-electron chi connectivity index (χ0n) is 11.6. The van der Waals surface area contributed by atoms with Crippen molar-refractivity contribution in [1.29, 1.82) is 0 Å². The van der Waals surface area contributed by atoms with Crippen LogP contribution in [0.15, 0.2) is 18.2 Å². The molecule has 0 radical (unpaired) electrons. The molecule has 1 aliphatic rings. The number of rotatable bonds is 5. The van der Waals surface area contributed by atoms with E-state index in [0.717, 1.165) is 18.5 Å². The quantitative estimate of drug-likeness (QED) is 0.793. The van der Waals surface area contributed by atoms with Crippen LogP contribution in [0.25, 0.3) is 0 Å². The number of benzene rings is 1. The largest absolute Gasteiger partial charge is 0.310 e. The van der Waals surface area contributed by atoms with E-state index >= 15 is 0 Å². The Morgan fingerprint density at radius 2 is 2.05 bits per heavy atom. The highest BCUT2D eigenvalue weighted by Crippen LogP contribution is 2.35. The molecular formula is C16H23ClFN.